The fourth-order valence-electron chi connectivity index (χ4n) is 1.23. The number of hydrogen-bond acceptors (Lipinski definition) is 4. The number of rotatable bonds is 3. The van der Waals surface area contributed by atoms with Gasteiger partial charge in [0.1, 0.15) is 0 Å². The third kappa shape index (κ3) is 2.27. The molecule has 0 aliphatic heterocycles. The molecule has 0 saturated heterocycles. The van der Waals surface area contributed by atoms with Gasteiger partial charge in [0.2, 0.25) is 5.82 Å². The molecule has 0 saturated carbocycles. The minimum absolute atomic E-state index is 0.0193. The van der Waals surface area contributed by atoms with Crippen LogP contribution in [0.4, 0.5) is 8.78 Å². The Kier molecular flexibility index (Phi) is 2.82. The second-order valence-corrected chi connectivity index (χ2v) is 3.14. The van der Waals surface area contributed by atoms with E-state index < -0.39 is 18.3 Å². The predicted octanol–water partition coefficient (Wildman–Crippen LogP) is 2.37. The van der Waals surface area contributed by atoms with Crippen molar-refractivity contribution in [3.05, 3.63) is 35.7 Å². The maximum absolute atomic E-state index is 12.2. The molecule has 0 amide bonds. The molecular weight excluding hydrogens is 234 g/mol. The Morgan fingerprint density at radius 1 is 1.41 bits per heavy atom. The van der Waals surface area contributed by atoms with Gasteiger partial charge in [-0.2, -0.15) is 13.8 Å². The highest BCUT2D eigenvalue weighted by Crippen LogP contribution is 2.22. The average Bonchev–Trinajstić information content (AvgIpc) is 2.78. The van der Waals surface area contributed by atoms with Crippen molar-refractivity contribution in [3.8, 4) is 11.4 Å². The quantitative estimate of drug-likeness (QED) is 0.891. The summed E-state index contributed by atoms with van der Waals surface area (Å²) in [5.74, 6) is -1.98. The van der Waals surface area contributed by atoms with Gasteiger partial charge in [0.25, 0.3) is 5.89 Å². The number of benzene rings is 1. The Balaban J connectivity index is 2.38. The number of carboxylic acid groups (broad SMARTS) is 1. The molecule has 0 aliphatic carbocycles. The molecule has 5 nitrogen and oxygen atoms in total. The van der Waals surface area contributed by atoms with Crippen LogP contribution in [-0.4, -0.2) is 21.2 Å². The molecule has 7 heteroatoms. The Labute approximate surface area is 93.7 Å². The highest BCUT2D eigenvalue weighted by molar-refractivity contribution is 5.89. The maximum Gasteiger partial charge on any atom is 0.335 e. The molecule has 0 fully saturated rings. The molecule has 2 aromatic rings. The molecule has 1 heterocycles. The number of halogens is 2. The van der Waals surface area contributed by atoms with E-state index in [9.17, 15) is 13.6 Å². The SMILES string of the molecule is O=C(O)c1cccc(-c2noc(C(F)F)n2)c1. The second kappa shape index (κ2) is 4.28. The highest BCUT2D eigenvalue weighted by atomic mass is 19.3. The Morgan fingerprint density at radius 3 is 2.76 bits per heavy atom. The summed E-state index contributed by atoms with van der Waals surface area (Å²) in [5, 5.41) is 12.1. The van der Waals surface area contributed by atoms with Crippen molar-refractivity contribution in [1.82, 2.24) is 10.1 Å². The molecule has 0 aliphatic rings. The van der Waals surface area contributed by atoms with E-state index in [1.807, 2.05) is 0 Å². The van der Waals surface area contributed by atoms with E-state index >= 15 is 0 Å². The van der Waals surface area contributed by atoms with Crippen LogP contribution in [0.3, 0.4) is 0 Å². The minimum Gasteiger partial charge on any atom is -0.478 e. The van der Waals surface area contributed by atoms with Gasteiger partial charge in [0.05, 0.1) is 5.56 Å². The van der Waals surface area contributed by atoms with Gasteiger partial charge in [0, 0.05) is 5.56 Å². The van der Waals surface area contributed by atoms with Gasteiger partial charge >= 0.3 is 12.4 Å². The number of aromatic carboxylic acids is 1. The van der Waals surface area contributed by atoms with Crippen molar-refractivity contribution in [2.45, 2.75) is 6.43 Å². The smallest absolute Gasteiger partial charge is 0.335 e. The Morgan fingerprint density at radius 2 is 2.18 bits per heavy atom. The standard InChI is InChI=1S/C10H6F2N2O3/c11-7(12)9-13-8(14-17-9)5-2-1-3-6(4-5)10(15)16/h1-4,7H,(H,15,16). The van der Waals surface area contributed by atoms with E-state index in [0.717, 1.165) is 0 Å². The van der Waals surface area contributed by atoms with Gasteiger partial charge in [-0.25, -0.2) is 4.79 Å². The molecular formula is C10H6F2N2O3. The van der Waals surface area contributed by atoms with Crippen LogP contribution in [0.1, 0.15) is 22.7 Å². The van der Waals surface area contributed by atoms with Crippen LogP contribution in [0.2, 0.25) is 0 Å². The Hall–Kier alpha value is -2.31. The molecule has 2 rings (SSSR count). The molecule has 1 N–H and O–H groups in total. The zero-order valence-electron chi connectivity index (χ0n) is 8.30. The Bertz CT molecular complexity index is 554. The first kappa shape index (κ1) is 11.2. The molecule has 17 heavy (non-hydrogen) atoms. The lowest BCUT2D eigenvalue weighted by molar-refractivity contribution is 0.0697. The molecule has 88 valence electrons. The van der Waals surface area contributed by atoms with Gasteiger partial charge in [-0.15, -0.1) is 0 Å². The van der Waals surface area contributed by atoms with Crippen LogP contribution >= 0.6 is 0 Å². The number of carboxylic acids is 1. The van der Waals surface area contributed by atoms with E-state index in [1.165, 1.54) is 24.3 Å². The summed E-state index contributed by atoms with van der Waals surface area (Å²) >= 11 is 0. The third-order valence-corrected chi connectivity index (χ3v) is 2.00. The van der Waals surface area contributed by atoms with Gasteiger partial charge in [0.15, 0.2) is 0 Å². The van der Waals surface area contributed by atoms with Crippen LogP contribution in [0.5, 0.6) is 0 Å². The topological polar surface area (TPSA) is 76.2 Å². The van der Waals surface area contributed by atoms with Crippen LogP contribution < -0.4 is 0 Å². The predicted molar refractivity (Wildman–Crippen MR) is 51.7 cm³/mol. The fraction of sp³-hybridized carbons (Fsp3) is 0.100. The van der Waals surface area contributed by atoms with Crippen molar-refractivity contribution in [3.63, 3.8) is 0 Å². The lowest BCUT2D eigenvalue weighted by atomic mass is 10.1. The minimum atomic E-state index is -2.85. The summed E-state index contributed by atoms with van der Waals surface area (Å²) in [6.07, 6.45) is -2.85. The molecule has 0 radical (unpaired) electrons. The van der Waals surface area contributed by atoms with Crippen molar-refractivity contribution in [2.75, 3.05) is 0 Å². The first-order valence-corrected chi connectivity index (χ1v) is 4.53. The van der Waals surface area contributed by atoms with E-state index in [-0.39, 0.29) is 11.4 Å². The number of hydrogen-bond donors (Lipinski definition) is 1. The highest BCUT2D eigenvalue weighted by Gasteiger charge is 2.17. The van der Waals surface area contributed by atoms with Crippen LogP contribution in [-0.2, 0) is 0 Å². The summed E-state index contributed by atoms with van der Waals surface area (Å²) in [6, 6.07) is 5.63. The zero-order chi connectivity index (χ0) is 12.4. The number of carbonyl (C=O) groups is 1. The fourth-order valence-corrected chi connectivity index (χ4v) is 1.23. The monoisotopic (exact) mass is 240 g/mol. The summed E-state index contributed by atoms with van der Waals surface area (Å²) < 4.78 is 28.7. The number of nitrogens with zero attached hydrogens (tertiary/aromatic N) is 2. The van der Waals surface area contributed by atoms with Crippen molar-refractivity contribution in [2.24, 2.45) is 0 Å². The molecule has 0 spiro atoms. The first-order chi connectivity index (χ1) is 8.08. The van der Waals surface area contributed by atoms with Gasteiger partial charge < -0.3 is 9.63 Å². The zero-order valence-corrected chi connectivity index (χ0v) is 8.30. The number of aromatic nitrogens is 2. The van der Waals surface area contributed by atoms with Gasteiger partial charge in [-0.05, 0) is 12.1 Å². The average molecular weight is 240 g/mol. The lowest BCUT2D eigenvalue weighted by Gasteiger charge is -1.96. The first-order valence-electron chi connectivity index (χ1n) is 4.53. The van der Waals surface area contributed by atoms with E-state index in [0.29, 0.717) is 5.56 Å². The normalized spacial score (nSPS) is 10.8. The van der Waals surface area contributed by atoms with Crippen LogP contribution in [0.15, 0.2) is 28.8 Å². The molecule has 1 aromatic heterocycles. The second-order valence-electron chi connectivity index (χ2n) is 3.14. The molecule has 0 bridgehead atoms. The van der Waals surface area contributed by atoms with E-state index in [4.69, 9.17) is 5.11 Å². The van der Waals surface area contributed by atoms with Crippen LogP contribution in [0.25, 0.3) is 11.4 Å². The molecule has 0 unspecified atom stereocenters. The maximum atomic E-state index is 12.2. The third-order valence-electron chi connectivity index (χ3n) is 2.00. The van der Waals surface area contributed by atoms with Crippen molar-refractivity contribution >= 4 is 5.97 Å². The summed E-state index contributed by atoms with van der Waals surface area (Å²) in [6.45, 7) is 0. The van der Waals surface area contributed by atoms with Crippen molar-refractivity contribution in [1.29, 1.82) is 0 Å². The largest absolute Gasteiger partial charge is 0.478 e. The summed E-state index contributed by atoms with van der Waals surface area (Å²) in [5.41, 5.74) is 0.325. The summed E-state index contributed by atoms with van der Waals surface area (Å²) in [4.78, 5) is 14.2. The van der Waals surface area contributed by atoms with Gasteiger partial charge in [-0.1, -0.05) is 17.3 Å². The van der Waals surface area contributed by atoms with Crippen LogP contribution in [0, 0.1) is 0 Å². The summed E-state index contributed by atoms with van der Waals surface area (Å²) in [7, 11) is 0. The van der Waals surface area contributed by atoms with Gasteiger partial charge in [-0.3, -0.25) is 0 Å². The van der Waals surface area contributed by atoms with Crippen molar-refractivity contribution < 1.29 is 23.2 Å². The van der Waals surface area contributed by atoms with E-state index in [1.54, 1.807) is 0 Å². The lowest BCUT2D eigenvalue weighted by Crippen LogP contribution is -1.96. The molecule has 0 atom stereocenters. The van der Waals surface area contributed by atoms with E-state index in [2.05, 4.69) is 14.7 Å². The number of alkyl halides is 2. The molecule has 1 aromatic carbocycles.